The molecule has 5 nitrogen and oxygen atoms in total. The Morgan fingerprint density at radius 2 is 1.43 bits per heavy atom. The molecule has 0 saturated heterocycles. The van der Waals surface area contributed by atoms with Crippen molar-refractivity contribution in [3.8, 4) is 11.5 Å². The second-order valence-electron chi connectivity index (χ2n) is 10.7. The largest absolute Gasteiger partial charge is 0.508 e. The van der Waals surface area contributed by atoms with Crippen LogP contribution in [-0.4, -0.2) is 51.0 Å². The van der Waals surface area contributed by atoms with Crippen LogP contribution in [0.4, 0.5) is 0 Å². The van der Waals surface area contributed by atoms with Crippen molar-refractivity contribution < 1.29 is 14.6 Å². The van der Waals surface area contributed by atoms with Crippen molar-refractivity contribution >= 4 is 6.29 Å². The van der Waals surface area contributed by atoms with Crippen LogP contribution in [0.2, 0.25) is 0 Å². The molecule has 40 heavy (non-hydrogen) atoms. The molecule has 0 heterocycles. The molecule has 4 atom stereocenters. The molecule has 3 aromatic carbocycles. The summed E-state index contributed by atoms with van der Waals surface area (Å²) in [6, 6.07) is 25.9. The lowest BCUT2D eigenvalue weighted by Crippen LogP contribution is -2.24. The fraction of sp³-hybridized carbons (Fsp3) is 0.457. The van der Waals surface area contributed by atoms with Crippen molar-refractivity contribution in [2.24, 2.45) is 11.8 Å². The minimum absolute atomic E-state index is 0.0272. The van der Waals surface area contributed by atoms with Crippen LogP contribution in [0.15, 0.2) is 78.9 Å². The van der Waals surface area contributed by atoms with Gasteiger partial charge in [-0.05, 0) is 99.7 Å². The fourth-order valence-electron chi connectivity index (χ4n) is 5.01. The average molecular weight is 549 g/mol. The maximum absolute atomic E-state index is 11.0. The summed E-state index contributed by atoms with van der Waals surface area (Å²) in [5.41, 5.74) is 3.57. The number of rotatable bonds is 12. The van der Waals surface area contributed by atoms with Gasteiger partial charge >= 0.3 is 0 Å². The zero-order valence-corrected chi connectivity index (χ0v) is 25.9. The number of phenols is 1. The van der Waals surface area contributed by atoms with E-state index in [1.54, 1.807) is 6.07 Å². The van der Waals surface area contributed by atoms with E-state index in [1.165, 1.54) is 11.1 Å². The maximum atomic E-state index is 11.0. The second-order valence-corrected chi connectivity index (χ2v) is 10.7. The van der Waals surface area contributed by atoms with Crippen LogP contribution >= 0.6 is 0 Å². The van der Waals surface area contributed by atoms with Crippen molar-refractivity contribution in [1.29, 1.82) is 0 Å². The Morgan fingerprint density at radius 1 is 0.850 bits per heavy atom. The molecular formula is C35H52N2O3. The van der Waals surface area contributed by atoms with E-state index in [9.17, 15) is 9.90 Å². The Hall–Kier alpha value is -3.15. The van der Waals surface area contributed by atoms with Gasteiger partial charge in [0.1, 0.15) is 24.4 Å². The highest BCUT2D eigenvalue weighted by atomic mass is 16.5. The van der Waals surface area contributed by atoms with E-state index in [0.29, 0.717) is 24.2 Å². The molecule has 0 aliphatic heterocycles. The third-order valence-corrected chi connectivity index (χ3v) is 6.90. The lowest BCUT2D eigenvalue weighted by atomic mass is 9.85. The summed E-state index contributed by atoms with van der Waals surface area (Å²) in [6.45, 7) is 10.2. The normalized spacial score (nSPS) is 13.5. The molecule has 0 saturated carbocycles. The second kappa shape index (κ2) is 19.8. The fourth-order valence-corrected chi connectivity index (χ4v) is 5.01. The van der Waals surface area contributed by atoms with Crippen molar-refractivity contribution in [2.75, 3.05) is 34.7 Å². The van der Waals surface area contributed by atoms with Gasteiger partial charge in [-0.25, -0.2) is 0 Å². The highest BCUT2D eigenvalue weighted by Gasteiger charge is 2.19. The molecule has 0 aliphatic carbocycles. The molecule has 0 fully saturated rings. The van der Waals surface area contributed by atoms with E-state index in [0.717, 1.165) is 37.0 Å². The van der Waals surface area contributed by atoms with Crippen LogP contribution in [-0.2, 0) is 11.4 Å². The van der Waals surface area contributed by atoms with Crippen LogP contribution in [0.3, 0.4) is 0 Å². The van der Waals surface area contributed by atoms with E-state index < -0.39 is 0 Å². The van der Waals surface area contributed by atoms with Gasteiger partial charge in [-0.2, -0.15) is 0 Å². The summed E-state index contributed by atoms with van der Waals surface area (Å²) in [6.07, 6.45) is 3.09. The van der Waals surface area contributed by atoms with Crippen LogP contribution in [0.1, 0.15) is 69.1 Å². The third kappa shape index (κ3) is 12.8. The SMILES string of the molecule is CC[C@H](c1cccc(O)c1)[C@@H](C)CN(C)C.CC[C@H](c1cccc(OCc2ccccc2)c1)[C@@H](C)C=O.CNC. The summed E-state index contributed by atoms with van der Waals surface area (Å²) in [4.78, 5) is 13.3. The molecule has 0 amide bonds. The summed E-state index contributed by atoms with van der Waals surface area (Å²) in [7, 11) is 7.96. The number of hydrogen-bond donors (Lipinski definition) is 2. The minimum Gasteiger partial charge on any atom is -0.508 e. The number of phenolic OH excluding ortho intramolecular Hbond substituents is 1. The Kier molecular flexibility index (Phi) is 17.3. The van der Waals surface area contributed by atoms with Crippen molar-refractivity contribution in [3.63, 3.8) is 0 Å². The molecule has 0 aliphatic rings. The lowest BCUT2D eigenvalue weighted by molar-refractivity contribution is -0.111. The number of nitrogens with zero attached hydrogens (tertiary/aromatic N) is 1. The van der Waals surface area contributed by atoms with Gasteiger partial charge in [0.05, 0.1) is 0 Å². The molecular weight excluding hydrogens is 496 g/mol. The van der Waals surface area contributed by atoms with E-state index in [2.05, 4.69) is 63.3 Å². The number of aromatic hydroxyl groups is 1. The Balaban J connectivity index is 0.000000376. The van der Waals surface area contributed by atoms with Crippen molar-refractivity contribution in [1.82, 2.24) is 10.2 Å². The van der Waals surface area contributed by atoms with Gasteiger partial charge in [0.2, 0.25) is 0 Å². The standard InChI is InChI=1S/C19H22O2.C14H23NO.C2H7N/c1-3-19(15(2)13-20)17-10-7-11-18(12-17)21-14-16-8-5-4-6-9-16;1-5-14(11(2)10-15(3)4)12-7-6-8-13(16)9-12;1-3-2/h4-13,15,19H,3,14H2,1-2H3;6-9,11,14,16H,5,10H2,1-4H3;3H,1-2H3/t15-,19-;11-,14-;/m00./s1. The minimum atomic E-state index is 0.0272. The van der Waals surface area contributed by atoms with Gasteiger partial charge in [-0.15, -0.1) is 0 Å². The van der Waals surface area contributed by atoms with Gasteiger partial charge < -0.3 is 24.9 Å². The van der Waals surface area contributed by atoms with E-state index in [-0.39, 0.29) is 11.8 Å². The number of benzene rings is 3. The van der Waals surface area contributed by atoms with Gasteiger partial charge in [0.15, 0.2) is 0 Å². The van der Waals surface area contributed by atoms with E-state index in [1.807, 2.05) is 75.6 Å². The smallest absolute Gasteiger partial charge is 0.123 e. The summed E-state index contributed by atoms with van der Waals surface area (Å²) in [5.74, 6) is 2.62. The highest BCUT2D eigenvalue weighted by molar-refractivity contribution is 5.55. The molecule has 0 radical (unpaired) electrons. The maximum Gasteiger partial charge on any atom is 0.123 e. The van der Waals surface area contributed by atoms with Crippen LogP contribution in [0.5, 0.6) is 11.5 Å². The Morgan fingerprint density at radius 3 is 1.95 bits per heavy atom. The first-order valence-corrected chi connectivity index (χ1v) is 14.4. The van der Waals surface area contributed by atoms with Gasteiger partial charge in [0, 0.05) is 12.5 Å². The van der Waals surface area contributed by atoms with Crippen molar-refractivity contribution in [2.45, 2.75) is 59.0 Å². The number of carbonyl (C=O) groups excluding carboxylic acids is 1. The molecule has 0 spiro atoms. The summed E-state index contributed by atoms with van der Waals surface area (Å²) < 4.78 is 5.85. The quantitative estimate of drug-likeness (QED) is 0.229. The highest BCUT2D eigenvalue weighted by Crippen LogP contribution is 2.31. The van der Waals surface area contributed by atoms with Gasteiger partial charge in [-0.1, -0.05) is 82.3 Å². The molecule has 3 aromatic rings. The number of carbonyl (C=O) groups is 1. The average Bonchev–Trinajstić information content (AvgIpc) is 2.94. The molecule has 3 rings (SSSR count). The molecule has 2 N–H and O–H groups in total. The molecule has 5 heteroatoms. The molecule has 0 aromatic heterocycles. The first-order chi connectivity index (χ1) is 19.2. The predicted octanol–water partition coefficient (Wildman–Crippen LogP) is 7.51. The number of aldehydes is 1. The molecule has 220 valence electrons. The summed E-state index contributed by atoms with van der Waals surface area (Å²) in [5, 5.41) is 12.3. The number of ether oxygens (including phenoxy) is 1. The zero-order chi connectivity index (χ0) is 29.9. The van der Waals surface area contributed by atoms with E-state index >= 15 is 0 Å². The van der Waals surface area contributed by atoms with Crippen LogP contribution in [0.25, 0.3) is 0 Å². The monoisotopic (exact) mass is 548 g/mol. The summed E-state index contributed by atoms with van der Waals surface area (Å²) >= 11 is 0. The van der Waals surface area contributed by atoms with Crippen LogP contribution in [0, 0.1) is 11.8 Å². The van der Waals surface area contributed by atoms with E-state index in [4.69, 9.17) is 4.74 Å². The Labute approximate surface area is 243 Å². The van der Waals surface area contributed by atoms with Crippen LogP contribution < -0.4 is 10.1 Å². The van der Waals surface area contributed by atoms with Crippen molar-refractivity contribution in [3.05, 3.63) is 95.6 Å². The number of nitrogens with one attached hydrogen (secondary N) is 1. The third-order valence-electron chi connectivity index (χ3n) is 6.90. The zero-order valence-electron chi connectivity index (χ0n) is 25.9. The van der Waals surface area contributed by atoms with Gasteiger partial charge in [0.25, 0.3) is 0 Å². The topological polar surface area (TPSA) is 61.8 Å². The first kappa shape index (κ1) is 34.9. The number of hydrogen-bond acceptors (Lipinski definition) is 5. The Bertz CT molecular complexity index is 1070. The first-order valence-electron chi connectivity index (χ1n) is 14.4. The molecule has 0 bridgehead atoms. The van der Waals surface area contributed by atoms with Gasteiger partial charge in [-0.3, -0.25) is 0 Å². The lowest BCUT2D eigenvalue weighted by Gasteiger charge is -2.26. The predicted molar refractivity (Wildman–Crippen MR) is 169 cm³/mol. The molecule has 0 unspecified atom stereocenters.